The van der Waals surface area contributed by atoms with Crippen LogP contribution < -0.4 is 0 Å². The fourth-order valence-electron chi connectivity index (χ4n) is 3.45. The lowest BCUT2D eigenvalue weighted by Gasteiger charge is -2.22. The van der Waals surface area contributed by atoms with E-state index < -0.39 is 16.4 Å². The number of nitro benzene ring substituents is 1. The van der Waals surface area contributed by atoms with Gasteiger partial charge in [-0.2, -0.15) is 0 Å². The van der Waals surface area contributed by atoms with Gasteiger partial charge in [-0.05, 0) is 37.6 Å². The first-order chi connectivity index (χ1) is 11.4. The third-order valence-corrected chi connectivity index (χ3v) is 4.63. The van der Waals surface area contributed by atoms with Crippen LogP contribution in [0, 0.1) is 17.0 Å². The van der Waals surface area contributed by atoms with Crippen LogP contribution in [-0.4, -0.2) is 40.2 Å². The van der Waals surface area contributed by atoms with Crippen LogP contribution >= 0.6 is 0 Å². The van der Waals surface area contributed by atoms with Crippen molar-refractivity contribution in [3.63, 3.8) is 0 Å². The Kier molecular flexibility index (Phi) is 4.15. The molecule has 0 saturated heterocycles. The molecule has 0 saturated carbocycles. The van der Waals surface area contributed by atoms with Crippen molar-refractivity contribution in [1.82, 2.24) is 4.90 Å². The van der Waals surface area contributed by atoms with Crippen LogP contribution in [-0.2, 0) is 6.42 Å². The normalized spacial score (nSPS) is 18.0. The number of aromatic hydroxyl groups is 2. The third-order valence-electron chi connectivity index (χ3n) is 4.63. The molecule has 1 aliphatic rings. The largest absolute Gasteiger partial charge is 0.504 e. The molecule has 0 spiro atoms. The number of nitro groups is 1. The second-order valence-corrected chi connectivity index (χ2v) is 6.40. The van der Waals surface area contributed by atoms with Crippen molar-refractivity contribution in [1.29, 1.82) is 0 Å². The Balaban J connectivity index is 2.25. The zero-order chi connectivity index (χ0) is 17.4. The van der Waals surface area contributed by atoms with E-state index in [2.05, 4.69) is 11.0 Å². The minimum absolute atomic E-state index is 0.0994. The molecule has 2 aromatic rings. The van der Waals surface area contributed by atoms with Gasteiger partial charge in [-0.25, -0.2) is 0 Å². The zero-order valence-corrected chi connectivity index (χ0v) is 13.7. The van der Waals surface area contributed by atoms with Crippen molar-refractivity contribution in [2.45, 2.75) is 19.3 Å². The van der Waals surface area contributed by atoms with Gasteiger partial charge in [-0.3, -0.25) is 10.1 Å². The summed E-state index contributed by atoms with van der Waals surface area (Å²) in [4.78, 5) is 13.0. The molecule has 0 radical (unpaired) electrons. The Morgan fingerprint density at radius 3 is 2.71 bits per heavy atom. The third kappa shape index (κ3) is 2.80. The number of phenolic OH excluding ortho intramolecular Hbond substituents is 2. The number of fused-ring (bicyclic) bond motifs is 1. The molecular formula is C18H20N2O4. The van der Waals surface area contributed by atoms with Crippen molar-refractivity contribution in [3.05, 3.63) is 62.7 Å². The van der Waals surface area contributed by atoms with Crippen molar-refractivity contribution in [3.8, 4) is 11.5 Å². The van der Waals surface area contributed by atoms with E-state index in [-0.39, 0.29) is 11.6 Å². The standard InChI is InChI=1S/C18H20N2O4/c1-11-4-3-5-12(8-11)15-10-19(2)7-6-13-14(15)9-16(21)18(22)17(13)20(23)24/h3-5,8-9,15,21-22H,6-7,10H2,1-2H3/t15-/m1/s1. The van der Waals surface area contributed by atoms with E-state index in [0.717, 1.165) is 11.1 Å². The summed E-state index contributed by atoms with van der Waals surface area (Å²) in [5.41, 5.74) is 3.00. The number of hydrogen-bond donors (Lipinski definition) is 2. The molecule has 0 aliphatic carbocycles. The van der Waals surface area contributed by atoms with Crippen LogP contribution in [0.5, 0.6) is 11.5 Å². The van der Waals surface area contributed by atoms with Gasteiger partial charge >= 0.3 is 5.69 Å². The molecule has 2 aromatic carbocycles. The van der Waals surface area contributed by atoms with Gasteiger partial charge in [-0.15, -0.1) is 0 Å². The zero-order valence-electron chi connectivity index (χ0n) is 13.7. The van der Waals surface area contributed by atoms with Crippen LogP contribution in [0.15, 0.2) is 30.3 Å². The molecule has 0 unspecified atom stereocenters. The predicted octanol–water partition coefficient (Wildman–Crippen LogP) is 2.93. The molecule has 1 aliphatic heterocycles. The smallest absolute Gasteiger partial charge is 0.318 e. The van der Waals surface area contributed by atoms with E-state index >= 15 is 0 Å². The highest BCUT2D eigenvalue weighted by Gasteiger charge is 2.32. The van der Waals surface area contributed by atoms with Crippen LogP contribution in [0.25, 0.3) is 0 Å². The molecule has 2 N–H and O–H groups in total. The Hall–Kier alpha value is -2.60. The highest BCUT2D eigenvalue weighted by atomic mass is 16.6. The summed E-state index contributed by atoms with van der Waals surface area (Å²) < 4.78 is 0. The number of likely N-dealkylation sites (N-methyl/N-ethyl adjacent to an activating group) is 1. The van der Waals surface area contributed by atoms with Gasteiger partial charge in [0.05, 0.1) is 4.92 Å². The summed E-state index contributed by atoms with van der Waals surface area (Å²) in [7, 11) is 1.97. The molecule has 3 rings (SSSR count). The maximum Gasteiger partial charge on any atom is 0.318 e. The fourth-order valence-corrected chi connectivity index (χ4v) is 3.45. The maximum atomic E-state index is 11.5. The molecule has 6 nitrogen and oxygen atoms in total. The SMILES string of the molecule is Cc1cccc([C@H]2CN(C)CCc3c2cc(O)c(O)c3[N+](=O)[O-])c1. The van der Waals surface area contributed by atoms with Crippen LogP contribution in [0.3, 0.4) is 0 Å². The lowest BCUT2D eigenvalue weighted by atomic mass is 9.86. The van der Waals surface area contributed by atoms with Crippen LogP contribution in [0.2, 0.25) is 0 Å². The van der Waals surface area contributed by atoms with E-state index in [1.165, 1.54) is 6.07 Å². The molecule has 1 heterocycles. The van der Waals surface area contributed by atoms with Crippen LogP contribution in [0.1, 0.15) is 28.2 Å². The quantitative estimate of drug-likeness (QED) is 0.503. The molecule has 0 bridgehead atoms. The summed E-state index contributed by atoms with van der Waals surface area (Å²) in [6.45, 7) is 3.35. The number of phenols is 2. The summed E-state index contributed by atoms with van der Waals surface area (Å²) in [5, 5.41) is 31.4. The number of rotatable bonds is 2. The Morgan fingerprint density at radius 2 is 2.04 bits per heavy atom. The van der Waals surface area contributed by atoms with Gasteiger partial charge in [-0.1, -0.05) is 29.8 Å². The number of aryl methyl sites for hydroxylation is 1. The molecular weight excluding hydrogens is 308 g/mol. The van der Waals surface area contributed by atoms with Gasteiger partial charge in [0.1, 0.15) is 0 Å². The first kappa shape index (κ1) is 16.3. The molecule has 1 atom stereocenters. The van der Waals surface area contributed by atoms with Gasteiger partial charge in [0, 0.05) is 24.6 Å². The topological polar surface area (TPSA) is 86.8 Å². The van der Waals surface area contributed by atoms with E-state index in [1.807, 2.05) is 32.2 Å². The lowest BCUT2D eigenvalue weighted by Crippen LogP contribution is -2.24. The molecule has 126 valence electrons. The fraction of sp³-hybridized carbons (Fsp3) is 0.333. The number of nitrogens with zero attached hydrogens (tertiary/aromatic N) is 2. The van der Waals surface area contributed by atoms with Crippen molar-refractivity contribution < 1.29 is 15.1 Å². The van der Waals surface area contributed by atoms with E-state index in [4.69, 9.17) is 0 Å². The van der Waals surface area contributed by atoms with Gasteiger partial charge in [0.2, 0.25) is 5.75 Å². The van der Waals surface area contributed by atoms with Gasteiger partial charge in [0.15, 0.2) is 5.75 Å². The van der Waals surface area contributed by atoms with Crippen molar-refractivity contribution in [2.24, 2.45) is 0 Å². The number of hydrogen-bond acceptors (Lipinski definition) is 5. The summed E-state index contributed by atoms with van der Waals surface area (Å²) >= 11 is 0. The molecule has 0 aromatic heterocycles. The average Bonchev–Trinajstić information content (AvgIpc) is 2.68. The molecule has 24 heavy (non-hydrogen) atoms. The Bertz CT molecular complexity index is 804. The predicted molar refractivity (Wildman–Crippen MR) is 90.6 cm³/mol. The van der Waals surface area contributed by atoms with Crippen LogP contribution in [0.4, 0.5) is 5.69 Å². The van der Waals surface area contributed by atoms with E-state index in [1.54, 1.807) is 0 Å². The highest BCUT2D eigenvalue weighted by molar-refractivity contribution is 5.64. The Morgan fingerprint density at radius 1 is 1.29 bits per heavy atom. The first-order valence-electron chi connectivity index (χ1n) is 7.85. The van der Waals surface area contributed by atoms with Crippen molar-refractivity contribution in [2.75, 3.05) is 20.1 Å². The maximum absolute atomic E-state index is 11.5. The van der Waals surface area contributed by atoms with E-state index in [9.17, 15) is 20.3 Å². The second-order valence-electron chi connectivity index (χ2n) is 6.40. The average molecular weight is 328 g/mol. The summed E-state index contributed by atoms with van der Waals surface area (Å²) in [6.07, 6.45) is 0.457. The molecule has 0 amide bonds. The first-order valence-corrected chi connectivity index (χ1v) is 7.85. The number of benzene rings is 2. The summed E-state index contributed by atoms with van der Waals surface area (Å²) in [5.74, 6) is -1.19. The molecule has 6 heteroatoms. The van der Waals surface area contributed by atoms with E-state index in [0.29, 0.717) is 30.6 Å². The monoisotopic (exact) mass is 328 g/mol. The molecule has 0 fully saturated rings. The second kappa shape index (κ2) is 6.13. The minimum atomic E-state index is -0.647. The van der Waals surface area contributed by atoms with Gasteiger partial charge in [0.25, 0.3) is 0 Å². The minimum Gasteiger partial charge on any atom is -0.504 e. The summed E-state index contributed by atoms with van der Waals surface area (Å²) in [6, 6.07) is 9.50. The highest BCUT2D eigenvalue weighted by Crippen LogP contribution is 2.45. The Labute approximate surface area is 140 Å². The van der Waals surface area contributed by atoms with Gasteiger partial charge < -0.3 is 15.1 Å². The van der Waals surface area contributed by atoms with Crippen molar-refractivity contribution >= 4 is 5.69 Å². The lowest BCUT2D eigenvalue weighted by molar-refractivity contribution is -0.386.